The molecule has 1 amide bonds. The number of ether oxygens (including phenoxy) is 1. The number of hydrogen-bond acceptors (Lipinski definition) is 3. The molecule has 1 aromatic carbocycles. The van der Waals surface area contributed by atoms with Crippen molar-refractivity contribution in [2.75, 3.05) is 20.3 Å². The van der Waals surface area contributed by atoms with Gasteiger partial charge in [-0.1, -0.05) is 12.1 Å². The van der Waals surface area contributed by atoms with E-state index >= 15 is 0 Å². The predicted octanol–water partition coefficient (Wildman–Crippen LogP) is 1.74. The van der Waals surface area contributed by atoms with Crippen LogP contribution in [0.5, 0.6) is 5.75 Å². The highest BCUT2D eigenvalue weighted by Gasteiger charge is 2.13. The van der Waals surface area contributed by atoms with Gasteiger partial charge >= 0.3 is 0 Å². The van der Waals surface area contributed by atoms with Gasteiger partial charge in [0.2, 0.25) is 5.91 Å². The number of benzene rings is 1. The maximum Gasteiger partial charge on any atom is 0.222 e. The molecule has 1 aliphatic rings. The minimum atomic E-state index is 0.0652. The topological polar surface area (TPSA) is 49.8 Å². The van der Waals surface area contributed by atoms with Crippen LogP contribution in [0.1, 0.15) is 30.4 Å². The van der Waals surface area contributed by atoms with E-state index in [1.54, 1.807) is 11.9 Å². The number of carbonyl (C=O) groups excluding carboxylic acids is 1. The Morgan fingerprint density at radius 3 is 3.11 bits per heavy atom. The summed E-state index contributed by atoms with van der Waals surface area (Å²) in [6.07, 6.45) is 3.04. The van der Waals surface area contributed by atoms with E-state index in [1.807, 2.05) is 12.1 Å². The van der Waals surface area contributed by atoms with Gasteiger partial charge in [0.15, 0.2) is 0 Å². The highest BCUT2D eigenvalue weighted by molar-refractivity contribution is 5.75. The number of nitrogens with zero attached hydrogens (tertiary/aromatic N) is 1. The van der Waals surface area contributed by atoms with E-state index in [-0.39, 0.29) is 12.5 Å². The van der Waals surface area contributed by atoms with Crippen LogP contribution in [0.3, 0.4) is 0 Å². The van der Waals surface area contributed by atoms with Crippen LogP contribution in [-0.4, -0.2) is 36.2 Å². The number of aliphatic hydroxyl groups is 1. The van der Waals surface area contributed by atoms with Crippen molar-refractivity contribution in [3.63, 3.8) is 0 Å². The Morgan fingerprint density at radius 1 is 1.47 bits per heavy atom. The maximum absolute atomic E-state index is 11.8. The van der Waals surface area contributed by atoms with Crippen LogP contribution in [-0.2, 0) is 17.8 Å². The lowest BCUT2D eigenvalue weighted by Gasteiger charge is -2.20. The van der Waals surface area contributed by atoms with Crippen molar-refractivity contribution in [3.05, 3.63) is 29.3 Å². The highest BCUT2D eigenvalue weighted by atomic mass is 16.5. The van der Waals surface area contributed by atoms with Crippen LogP contribution in [0, 0.1) is 0 Å². The Hall–Kier alpha value is -1.55. The molecule has 2 rings (SSSR count). The Labute approximate surface area is 114 Å². The fourth-order valence-electron chi connectivity index (χ4n) is 2.30. The van der Waals surface area contributed by atoms with Crippen molar-refractivity contribution in [1.82, 2.24) is 4.90 Å². The number of amides is 1. The average molecular weight is 263 g/mol. The zero-order valence-corrected chi connectivity index (χ0v) is 11.4. The molecule has 1 N–H and O–H groups in total. The summed E-state index contributed by atoms with van der Waals surface area (Å²) >= 11 is 0. The zero-order valence-electron chi connectivity index (χ0n) is 11.4. The lowest BCUT2D eigenvalue weighted by Crippen LogP contribution is -2.26. The summed E-state index contributed by atoms with van der Waals surface area (Å²) in [5.74, 6) is 1.05. The minimum Gasteiger partial charge on any atom is -0.493 e. The molecule has 0 unspecified atom stereocenters. The third kappa shape index (κ3) is 3.70. The Bertz CT molecular complexity index is 445. The minimum absolute atomic E-state index is 0.0652. The molecule has 19 heavy (non-hydrogen) atoms. The van der Waals surface area contributed by atoms with Gasteiger partial charge in [-0.3, -0.25) is 4.79 Å². The molecule has 1 aromatic rings. The van der Waals surface area contributed by atoms with E-state index in [4.69, 9.17) is 9.84 Å². The van der Waals surface area contributed by atoms with E-state index in [9.17, 15) is 4.79 Å². The van der Waals surface area contributed by atoms with Crippen LogP contribution in [0.2, 0.25) is 0 Å². The Morgan fingerprint density at radius 2 is 2.32 bits per heavy atom. The van der Waals surface area contributed by atoms with Crippen molar-refractivity contribution >= 4 is 5.91 Å². The van der Waals surface area contributed by atoms with E-state index < -0.39 is 0 Å². The number of carbonyl (C=O) groups is 1. The molecule has 0 fully saturated rings. The van der Waals surface area contributed by atoms with Crippen LogP contribution in [0.25, 0.3) is 0 Å². The zero-order chi connectivity index (χ0) is 13.7. The smallest absolute Gasteiger partial charge is 0.222 e. The van der Waals surface area contributed by atoms with Crippen LogP contribution < -0.4 is 4.74 Å². The standard InChI is InChI=1S/C15H21NO3/c1-16(15(18)5-2-8-17)11-12-6-7-14-13(10-12)4-3-9-19-14/h6-7,10,17H,2-5,8-9,11H2,1H3. The summed E-state index contributed by atoms with van der Waals surface area (Å²) in [6.45, 7) is 1.47. The van der Waals surface area contributed by atoms with Gasteiger partial charge in [0.25, 0.3) is 0 Å². The summed E-state index contributed by atoms with van der Waals surface area (Å²) in [5.41, 5.74) is 2.36. The van der Waals surface area contributed by atoms with Gasteiger partial charge in [-0.15, -0.1) is 0 Å². The predicted molar refractivity (Wildman–Crippen MR) is 73.1 cm³/mol. The SMILES string of the molecule is CN(Cc1ccc2c(c1)CCCO2)C(=O)CCCO. The maximum atomic E-state index is 11.8. The molecule has 0 aliphatic carbocycles. The van der Waals surface area contributed by atoms with Gasteiger partial charge in [-0.25, -0.2) is 0 Å². The number of aliphatic hydroxyl groups excluding tert-OH is 1. The lowest BCUT2D eigenvalue weighted by molar-refractivity contribution is -0.130. The number of hydrogen-bond donors (Lipinski definition) is 1. The fraction of sp³-hybridized carbons (Fsp3) is 0.533. The fourth-order valence-corrected chi connectivity index (χ4v) is 2.30. The van der Waals surface area contributed by atoms with Gasteiger partial charge in [0.1, 0.15) is 5.75 Å². The summed E-state index contributed by atoms with van der Waals surface area (Å²) in [6, 6.07) is 6.14. The molecule has 4 heteroatoms. The molecular formula is C15H21NO3. The molecule has 0 saturated heterocycles. The van der Waals surface area contributed by atoms with Gasteiger partial charge < -0.3 is 14.7 Å². The van der Waals surface area contributed by atoms with Crippen molar-refractivity contribution < 1.29 is 14.6 Å². The first-order valence-corrected chi connectivity index (χ1v) is 6.80. The molecule has 1 heterocycles. The molecule has 0 spiro atoms. The summed E-state index contributed by atoms with van der Waals surface area (Å²) < 4.78 is 5.58. The molecule has 0 atom stereocenters. The molecule has 0 bridgehead atoms. The quantitative estimate of drug-likeness (QED) is 0.880. The first-order valence-electron chi connectivity index (χ1n) is 6.80. The second kappa shape index (κ2) is 6.57. The van der Waals surface area contributed by atoms with Crippen LogP contribution in [0.4, 0.5) is 0 Å². The van der Waals surface area contributed by atoms with E-state index in [2.05, 4.69) is 6.07 Å². The number of rotatable bonds is 5. The third-order valence-electron chi connectivity index (χ3n) is 3.37. The van der Waals surface area contributed by atoms with Gasteiger partial charge in [0, 0.05) is 26.6 Å². The largest absolute Gasteiger partial charge is 0.493 e. The Balaban J connectivity index is 1.97. The van der Waals surface area contributed by atoms with E-state index in [0.29, 0.717) is 19.4 Å². The average Bonchev–Trinajstić information content (AvgIpc) is 2.44. The summed E-state index contributed by atoms with van der Waals surface area (Å²) in [7, 11) is 1.80. The van der Waals surface area contributed by atoms with Crippen LogP contribution >= 0.6 is 0 Å². The molecule has 104 valence electrons. The van der Waals surface area contributed by atoms with Gasteiger partial charge in [-0.2, -0.15) is 0 Å². The molecular weight excluding hydrogens is 242 g/mol. The van der Waals surface area contributed by atoms with E-state index in [1.165, 1.54) is 5.56 Å². The molecule has 0 aromatic heterocycles. The first-order chi connectivity index (χ1) is 9.20. The second-order valence-corrected chi connectivity index (χ2v) is 4.97. The summed E-state index contributed by atoms with van der Waals surface area (Å²) in [5, 5.41) is 8.73. The monoisotopic (exact) mass is 263 g/mol. The number of fused-ring (bicyclic) bond motifs is 1. The van der Waals surface area contributed by atoms with E-state index in [0.717, 1.165) is 30.8 Å². The van der Waals surface area contributed by atoms with Gasteiger partial charge in [-0.05, 0) is 36.5 Å². The normalized spacial score (nSPS) is 13.6. The van der Waals surface area contributed by atoms with Crippen molar-refractivity contribution in [3.8, 4) is 5.75 Å². The van der Waals surface area contributed by atoms with Crippen molar-refractivity contribution in [2.45, 2.75) is 32.2 Å². The number of aryl methyl sites for hydroxylation is 1. The van der Waals surface area contributed by atoms with Gasteiger partial charge in [0.05, 0.1) is 6.61 Å². The third-order valence-corrected chi connectivity index (χ3v) is 3.37. The van der Waals surface area contributed by atoms with Crippen molar-refractivity contribution in [1.29, 1.82) is 0 Å². The lowest BCUT2D eigenvalue weighted by atomic mass is 10.0. The molecule has 4 nitrogen and oxygen atoms in total. The summed E-state index contributed by atoms with van der Waals surface area (Å²) in [4.78, 5) is 13.5. The molecule has 0 radical (unpaired) electrons. The molecule has 1 aliphatic heterocycles. The second-order valence-electron chi connectivity index (χ2n) is 4.97. The molecule has 0 saturated carbocycles. The van der Waals surface area contributed by atoms with Crippen molar-refractivity contribution in [2.24, 2.45) is 0 Å². The van der Waals surface area contributed by atoms with Crippen LogP contribution in [0.15, 0.2) is 18.2 Å². The first kappa shape index (κ1) is 13.9. The Kier molecular flexibility index (Phi) is 4.80. The highest BCUT2D eigenvalue weighted by Crippen LogP contribution is 2.25.